The molecule has 4 rings (SSSR count). The van der Waals surface area contributed by atoms with Gasteiger partial charge < -0.3 is 4.90 Å². The van der Waals surface area contributed by atoms with Gasteiger partial charge in [0.2, 0.25) is 10.7 Å². The van der Waals surface area contributed by atoms with Crippen LogP contribution < -0.4 is 4.90 Å². The van der Waals surface area contributed by atoms with E-state index >= 15 is 0 Å². The Bertz CT molecular complexity index is 909. The molecule has 0 unspecified atom stereocenters. The minimum atomic E-state index is 0.578. The van der Waals surface area contributed by atoms with E-state index in [2.05, 4.69) is 61.0 Å². The van der Waals surface area contributed by atoms with Gasteiger partial charge in [0.1, 0.15) is 0 Å². The summed E-state index contributed by atoms with van der Waals surface area (Å²) in [7, 11) is 0. The molecule has 1 saturated heterocycles. The van der Waals surface area contributed by atoms with Crippen molar-refractivity contribution >= 4 is 18.2 Å². The molecule has 2 aromatic heterocycles. The summed E-state index contributed by atoms with van der Waals surface area (Å²) in [5.74, 6) is 1.61. The Hall–Kier alpha value is -2.58. The number of aromatic amines is 1. The molecule has 0 amide bonds. The summed E-state index contributed by atoms with van der Waals surface area (Å²) in [6.07, 6.45) is 3.57. The van der Waals surface area contributed by atoms with Crippen LogP contribution in [-0.4, -0.2) is 55.8 Å². The lowest BCUT2D eigenvalue weighted by atomic mass is 10.1. The standard InChI is InChI=1S/C18H21N7S/c1-14-3-5-15(6-4-14)16-21-18(26)25(22-16)13-23-9-11-24(12-10-23)17-19-7-2-8-20-17/h2-8H,9-13H2,1H3,(H,21,22,26). The highest BCUT2D eigenvalue weighted by Gasteiger charge is 2.19. The Kier molecular flexibility index (Phi) is 4.77. The molecule has 0 atom stereocenters. The number of piperazine rings is 1. The van der Waals surface area contributed by atoms with Crippen LogP contribution in [0.1, 0.15) is 5.56 Å². The lowest BCUT2D eigenvalue weighted by Gasteiger charge is -2.34. The number of nitrogens with zero attached hydrogens (tertiary/aromatic N) is 6. The molecule has 0 bridgehead atoms. The van der Waals surface area contributed by atoms with E-state index in [1.54, 1.807) is 12.4 Å². The van der Waals surface area contributed by atoms with E-state index in [9.17, 15) is 0 Å². The summed E-state index contributed by atoms with van der Waals surface area (Å²) < 4.78 is 2.51. The lowest BCUT2D eigenvalue weighted by Crippen LogP contribution is -2.47. The molecule has 0 spiro atoms. The molecule has 1 fully saturated rings. The minimum Gasteiger partial charge on any atom is -0.338 e. The van der Waals surface area contributed by atoms with Crippen LogP contribution in [0.15, 0.2) is 42.7 Å². The van der Waals surface area contributed by atoms with E-state index in [0.717, 1.165) is 43.5 Å². The van der Waals surface area contributed by atoms with Gasteiger partial charge >= 0.3 is 0 Å². The maximum absolute atomic E-state index is 5.43. The second kappa shape index (κ2) is 7.35. The van der Waals surface area contributed by atoms with Crippen LogP contribution in [0.25, 0.3) is 11.4 Å². The number of hydrogen-bond donors (Lipinski definition) is 1. The Labute approximate surface area is 157 Å². The first-order valence-electron chi connectivity index (χ1n) is 8.67. The van der Waals surface area contributed by atoms with Crippen LogP contribution in [0.4, 0.5) is 5.95 Å². The molecular weight excluding hydrogens is 346 g/mol. The quantitative estimate of drug-likeness (QED) is 0.715. The molecule has 1 aromatic carbocycles. The molecule has 134 valence electrons. The van der Waals surface area contributed by atoms with Gasteiger partial charge in [0, 0.05) is 44.1 Å². The van der Waals surface area contributed by atoms with Crippen LogP contribution in [0.3, 0.4) is 0 Å². The topological polar surface area (TPSA) is 65.9 Å². The molecule has 0 saturated carbocycles. The number of nitrogens with one attached hydrogen (secondary N) is 1. The van der Waals surface area contributed by atoms with Crippen molar-refractivity contribution in [1.29, 1.82) is 0 Å². The molecule has 1 N–H and O–H groups in total. The maximum Gasteiger partial charge on any atom is 0.225 e. The second-order valence-electron chi connectivity index (χ2n) is 6.44. The van der Waals surface area contributed by atoms with Crippen LogP contribution in [0.2, 0.25) is 0 Å². The fraction of sp³-hybridized carbons (Fsp3) is 0.333. The average molecular weight is 367 g/mol. The SMILES string of the molecule is Cc1ccc(-c2nc(=S)n(CN3CCN(c4ncccn4)CC3)[nH]2)cc1. The van der Waals surface area contributed by atoms with Gasteiger partial charge in [-0.2, -0.15) is 4.98 Å². The predicted molar refractivity (Wildman–Crippen MR) is 103 cm³/mol. The zero-order valence-corrected chi connectivity index (χ0v) is 15.5. The van der Waals surface area contributed by atoms with Crippen LogP contribution in [0, 0.1) is 11.7 Å². The average Bonchev–Trinajstić information content (AvgIpc) is 3.04. The van der Waals surface area contributed by atoms with Gasteiger partial charge in [0.15, 0.2) is 5.82 Å². The van der Waals surface area contributed by atoms with Crippen LogP contribution in [0.5, 0.6) is 0 Å². The van der Waals surface area contributed by atoms with Gasteiger partial charge in [-0.15, -0.1) is 0 Å². The Morgan fingerprint density at radius 3 is 2.42 bits per heavy atom. The number of rotatable bonds is 4. The zero-order valence-electron chi connectivity index (χ0n) is 14.7. The Morgan fingerprint density at radius 1 is 1.04 bits per heavy atom. The minimum absolute atomic E-state index is 0.578. The van der Waals surface area contributed by atoms with Gasteiger partial charge in [0.05, 0.1) is 6.67 Å². The molecule has 8 heteroatoms. The third-order valence-electron chi connectivity index (χ3n) is 4.55. The van der Waals surface area contributed by atoms with Crippen molar-refractivity contribution in [3.63, 3.8) is 0 Å². The molecule has 3 aromatic rings. The van der Waals surface area contributed by atoms with Crippen LogP contribution in [-0.2, 0) is 6.67 Å². The third-order valence-corrected chi connectivity index (χ3v) is 4.86. The summed E-state index contributed by atoms with van der Waals surface area (Å²) in [5, 5.41) is 3.33. The van der Waals surface area contributed by atoms with E-state index in [0.29, 0.717) is 11.4 Å². The van der Waals surface area contributed by atoms with E-state index in [1.165, 1.54) is 5.56 Å². The number of H-pyrrole nitrogens is 1. The van der Waals surface area contributed by atoms with Gasteiger partial charge in [-0.25, -0.2) is 14.6 Å². The molecule has 0 aliphatic carbocycles. The molecule has 1 aliphatic heterocycles. The normalized spacial score (nSPS) is 15.3. The molecule has 7 nitrogen and oxygen atoms in total. The summed E-state index contributed by atoms with van der Waals surface area (Å²) >= 11 is 5.43. The Balaban J connectivity index is 1.41. The second-order valence-corrected chi connectivity index (χ2v) is 6.81. The number of benzene rings is 1. The van der Waals surface area contributed by atoms with Crippen molar-refractivity contribution in [1.82, 2.24) is 29.6 Å². The van der Waals surface area contributed by atoms with Crippen molar-refractivity contribution in [3.8, 4) is 11.4 Å². The number of aryl methyl sites for hydroxylation is 1. The first kappa shape index (κ1) is 16.9. The van der Waals surface area contributed by atoms with Crippen molar-refractivity contribution in [2.24, 2.45) is 0 Å². The third kappa shape index (κ3) is 3.66. The van der Waals surface area contributed by atoms with Gasteiger partial charge in [0.25, 0.3) is 0 Å². The summed E-state index contributed by atoms with van der Waals surface area (Å²) in [5.41, 5.74) is 2.28. The van der Waals surface area contributed by atoms with Crippen LogP contribution >= 0.6 is 12.2 Å². The largest absolute Gasteiger partial charge is 0.338 e. The number of aromatic nitrogens is 5. The van der Waals surface area contributed by atoms with Crippen molar-refractivity contribution in [2.75, 3.05) is 31.1 Å². The first-order chi connectivity index (χ1) is 12.7. The van der Waals surface area contributed by atoms with E-state index in [4.69, 9.17) is 12.2 Å². The monoisotopic (exact) mass is 367 g/mol. The molecular formula is C18H21N7S. The lowest BCUT2D eigenvalue weighted by molar-refractivity contribution is 0.194. The molecule has 1 aliphatic rings. The van der Waals surface area contributed by atoms with Gasteiger partial charge in [-0.1, -0.05) is 29.8 Å². The smallest absolute Gasteiger partial charge is 0.225 e. The maximum atomic E-state index is 5.43. The number of hydrogen-bond acceptors (Lipinski definition) is 6. The molecule has 3 heterocycles. The molecule has 26 heavy (non-hydrogen) atoms. The van der Waals surface area contributed by atoms with E-state index in [-0.39, 0.29) is 0 Å². The molecule has 0 radical (unpaired) electrons. The zero-order chi connectivity index (χ0) is 17.9. The summed E-state index contributed by atoms with van der Waals surface area (Å²) in [6, 6.07) is 10.1. The highest BCUT2D eigenvalue weighted by molar-refractivity contribution is 7.71. The number of anilines is 1. The van der Waals surface area contributed by atoms with Crippen molar-refractivity contribution in [2.45, 2.75) is 13.6 Å². The first-order valence-corrected chi connectivity index (χ1v) is 9.08. The summed E-state index contributed by atoms with van der Waals surface area (Å²) in [6.45, 7) is 6.44. The Morgan fingerprint density at radius 2 is 1.73 bits per heavy atom. The summed E-state index contributed by atoms with van der Waals surface area (Å²) in [4.78, 5) is 17.7. The predicted octanol–water partition coefficient (Wildman–Crippen LogP) is 2.49. The van der Waals surface area contributed by atoms with E-state index < -0.39 is 0 Å². The fourth-order valence-electron chi connectivity index (χ4n) is 3.04. The highest BCUT2D eigenvalue weighted by Crippen LogP contribution is 2.16. The van der Waals surface area contributed by atoms with Crippen molar-refractivity contribution < 1.29 is 0 Å². The van der Waals surface area contributed by atoms with Gasteiger partial charge in [-0.3, -0.25) is 10.00 Å². The van der Waals surface area contributed by atoms with Gasteiger partial charge in [-0.05, 0) is 25.2 Å². The highest BCUT2D eigenvalue weighted by atomic mass is 32.1. The van der Waals surface area contributed by atoms with Crippen molar-refractivity contribution in [3.05, 3.63) is 53.1 Å². The fourth-order valence-corrected chi connectivity index (χ4v) is 3.23. The van der Waals surface area contributed by atoms with E-state index in [1.807, 2.05) is 10.7 Å².